The van der Waals surface area contributed by atoms with Crippen molar-refractivity contribution < 1.29 is 4.79 Å². The van der Waals surface area contributed by atoms with Gasteiger partial charge >= 0.3 is 0 Å². The number of hydrogen-bond donors (Lipinski definition) is 2. The molecule has 4 nitrogen and oxygen atoms in total. The number of hydrogen-bond acceptors (Lipinski definition) is 3. The zero-order chi connectivity index (χ0) is 14.7. The molecule has 2 unspecified atom stereocenters. The molecule has 3 saturated heterocycles. The van der Waals surface area contributed by atoms with E-state index in [0.29, 0.717) is 24.8 Å². The molecular weight excluding hydrogens is 262 g/mol. The molecule has 0 aromatic heterocycles. The summed E-state index contributed by atoms with van der Waals surface area (Å²) in [4.78, 5) is 14.6. The number of carbonyl (C=O) groups is 1. The fraction of sp³-hybridized carbons (Fsp3) is 0.588. The van der Waals surface area contributed by atoms with Crippen LogP contribution in [-0.2, 0) is 4.79 Å². The van der Waals surface area contributed by atoms with Gasteiger partial charge in [0.25, 0.3) is 0 Å². The number of piperidine rings is 3. The number of carbonyl (C=O) groups excluding carboxylic acids is 1. The summed E-state index contributed by atoms with van der Waals surface area (Å²) in [6, 6.07) is 10.3. The Morgan fingerprint density at radius 3 is 2.62 bits per heavy atom. The highest BCUT2D eigenvalue weighted by Gasteiger charge is 2.34. The maximum Gasteiger partial charge on any atom is 0.220 e. The zero-order valence-electron chi connectivity index (χ0n) is 12.5. The van der Waals surface area contributed by atoms with Gasteiger partial charge in [0.05, 0.1) is 0 Å². The van der Waals surface area contributed by atoms with Crippen LogP contribution in [0.5, 0.6) is 0 Å². The van der Waals surface area contributed by atoms with E-state index in [0.717, 1.165) is 12.1 Å². The molecule has 21 heavy (non-hydrogen) atoms. The number of benzene rings is 1. The van der Waals surface area contributed by atoms with Crippen LogP contribution < -0.4 is 11.1 Å². The number of fused-ring (bicyclic) bond motifs is 3. The lowest BCUT2D eigenvalue weighted by Crippen LogP contribution is -2.57. The molecule has 3 N–H and O–H groups in total. The first-order valence-corrected chi connectivity index (χ1v) is 8.04. The van der Waals surface area contributed by atoms with Crippen LogP contribution in [0.15, 0.2) is 30.3 Å². The Hall–Kier alpha value is -1.39. The summed E-state index contributed by atoms with van der Waals surface area (Å²) in [5.41, 5.74) is 7.25. The topological polar surface area (TPSA) is 58.4 Å². The maximum atomic E-state index is 12.1. The molecule has 3 aliphatic heterocycles. The second-order valence-corrected chi connectivity index (χ2v) is 6.37. The van der Waals surface area contributed by atoms with Gasteiger partial charge in [0.15, 0.2) is 0 Å². The van der Waals surface area contributed by atoms with Gasteiger partial charge in [-0.1, -0.05) is 30.3 Å². The summed E-state index contributed by atoms with van der Waals surface area (Å²) >= 11 is 0. The van der Waals surface area contributed by atoms with Crippen LogP contribution in [0.25, 0.3) is 0 Å². The van der Waals surface area contributed by atoms with E-state index in [1.54, 1.807) is 0 Å². The predicted molar refractivity (Wildman–Crippen MR) is 83.7 cm³/mol. The van der Waals surface area contributed by atoms with Crippen LogP contribution >= 0.6 is 0 Å². The number of rotatable bonds is 5. The van der Waals surface area contributed by atoms with E-state index >= 15 is 0 Å². The molecule has 2 atom stereocenters. The predicted octanol–water partition coefficient (Wildman–Crippen LogP) is 1.68. The van der Waals surface area contributed by atoms with Crippen LogP contribution in [0.3, 0.4) is 0 Å². The molecule has 1 aromatic rings. The quantitative estimate of drug-likeness (QED) is 0.866. The maximum absolute atomic E-state index is 12.1. The van der Waals surface area contributed by atoms with E-state index < -0.39 is 0 Å². The van der Waals surface area contributed by atoms with Crippen LogP contribution in [0, 0.1) is 5.92 Å². The molecule has 3 aliphatic rings. The van der Waals surface area contributed by atoms with Gasteiger partial charge in [-0.2, -0.15) is 0 Å². The fourth-order valence-corrected chi connectivity index (χ4v) is 3.56. The number of nitrogens with zero attached hydrogens (tertiary/aromatic N) is 1. The Balaban J connectivity index is 1.44. The van der Waals surface area contributed by atoms with Crippen LogP contribution in [0.1, 0.15) is 37.3 Å². The standard InChI is InChI=1S/C17H25N3O/c18-15(13-4-2-1-3-5-13)6-7-17(21)19-16-12-20-10-8-14(16)9-11-20/h1-5,14-16H,6-12,18H2,(H,19,21). The lowest BCUT2D eigenvalue weighted by Gasteiger charge is -2.45. The summed E-state index contributed by atoms with van der Waals surface area (Å²) in [6.45, 7) is 3.44. The van der Waals surface area contributed by atoms with Gasteiger partial charge in [-0.25, -0.2) is 0 Å². The van der Waals surface area contributed by atoms with Crippen LogP contribution in [0.2, 0.25) is 0 Å². The SMILES string of the molecule is NC(CCC(=O)NC1CN2CCC1CC2)c1ccccc1. The molecule has 3 fully saturated rings. The van der Waals surface area contributed by atoms with Crippen molar-refractivity contribution in [2.24, 2.45) is 11.7 Å². The first-order chi connectivity index (χ1) is 10.2. The molecule has 4 rings (SSSR count). The van der Waals surface area contributed by atoms with Crippen LogP contribution in [0.4, 0.5) is 0 Å². The second kappa shape index (κ2) is 6.58. The minimum absolute atomic E-state index is 0.0523. The summed E-state index contributed by atoms with van der Waals surface area (Å²) in [6.07, 6.45) is 3.68. The van der Waals surface area contributed by atoms with Gasteiger partial charge in [-0.3, -0.25) is 4.79 Å². The minimum Gasteiger partial charge on any atom is -0.352 e. The molecule has 0 spiro atoms. The first kappa shape index (κ1) is 14.5. The van der Waals surface area contributed by atoms with Crippen molar-refractivity contribution in [3.63, 3.8) is 0 Å². The van der Waals surface area contributed by atoms with E-state index in [2.05, 4.69) is 10.2 Å². The van der Waals surface area contributed by atoms with E-state index in [-0.39, 0.29) is 11.9 Å². The molecular formula is C17H25N3O. The molecule has 0 aliphatic carbocycles. The average molecular weight is 287 g/mol. The Bertz CT molecular complexity index is 468. The van der Waals surface area contributed by atoms with Crippen molar-refractivity contribution in [3.05, 3.63) is 35.9 Å². The van der Waals surface area contributed by atoms with Crippen molar-refractivity contribution in [1.82, 2.24) is 10.2 Å². The zero-order valence-corrected chi connectivity index (χ0v) is 12.5. The summed E-state index contributed by atoms with van der Waals surface area (Å²) in [5, 5.41) is 3.22. The molecule has 1 aromatic carbocycles. The third-order valence-corrected chi connectivity index (χ3v) is 4.91. The first-order valence-electron chi connectivity index (χ1n) is 8.04. The van der Waals surface area contributed by atoms with E-state index in [1.807, 2.05) is 30.3 Å². The normalized spacial score (nSPS) is 29.1. The van der Waals surface area contributed by atoms with Crippen molar-refractivity contribution in [3.8, 4) is 0 Å². The Labute approximate surface area is 126 Å². The second-order valence-electron chi connectivity index (χ2n) is 6.37. The van der Waals surface area contributed by atoms with Gasteiger partial charge in [-0.15, -0.1) is 0 Å². The Morgan fingerprint density at radius 2 is 2.00 bits per heavy atom. The lowest BCUT2D eigenvalue weighted by atomic mass is 9.84. The number of amides is 1. The highest BCUT2D eigenvalue weighted by molar-refractivity contribution is 5.76. The van der Waals surface area contributed by atoms with Gasteiger partial charge in [0.2, 0.25) is 5.91 Å². The number of nitrogens with two attached hydrogens (primary N) is 1. The van der Waals surface area contributed by atoms with Crippen molar-refractivity contribution in [2.75, 3.05) is 19.6 Å². The van der Waals surface area contributed by atoms with Crippen molar-refractivity contribution in [1.29, 1.82) is 0 Å². The molecule has 4 heteroatoms. The van der Waals surface area contributed by atoms with E-state index in [1.165, 1.54) is 25.9 Å². The summed E-state index contributed by atoms with van der Waals surface area (Å²) < 4.78 is 0. The van der Waals surface area contributed by atoms with E-state index in [9.17, 15) is 4.79 Å². The molecule has 2 bridgehead atoms. The fourth-order valence-electron chi connectivity index (χ4n) is 3.56. The third kappa shape index (κ3) is 3.63. The molecule has 1 amide bonds. The molecule has 3 heterocycles. The Morgan fingerprint density at radius 1 is 1.29 bits per heavy atom. The Kier molecular flexibility index (Phi) is 4.56. The summed E-state index contributed by atoms with van der Waals surface area (Å²) in [5.74, 6) is 0.835. The smallest absolute Gasteiger partial charge is 0.220 e. The average Bonchev–Trinajstić information content (AvgIpc) is 2.54. The van der Waals surface area contributed by atoms with Gasteiger partial charge < -0.3 is 16.0 Å². The third-order valence-electron chi connectivity index (χ3n) is 4.91. The highest BCUT2D eigenvalue weighted by atomic mass is 16.1. The van der Waals surface area contributed by atoms with Crippen molar-refractivity contribution in [2.45, 2.75) is 37.8 Å². The lowest BCUT2D eigenvalue weighted by molar-refractivity contribution is -0.123. The molecule has 0 radical (unpaired) electrons. The molecule has 114 valence electrons. The summed E-state index contributed by atoms with van der Waals surface area (Å²) in [7, 11) is 0. The van der Waals surface area contributed by atoms with Crippen molar-refractivity contribution >= 4 is 5.91 Å². The highest BCUT2D eigenvalue weighted by Crippen LogP contribution is 2.27. The van der Waals surface area contributed by atoms with Gasteiger partial charge in [0.1, 0.15) is 0 Å². The monoisotopic (exact) mass is 287 g/mol. The molecule has 0 saturated carbocycles. The van der Waals surface area contributed by atoms with Gasteiger partial charge in [0, 0.05) is 25.0 Å². The number of nitrogens with one attached hydrogen (secondary N) is 1. The largest absolute Gasteiger partial charge is 0.352 e. The van der Waals surface area contributed by atoms with Crippen LogP contribution in [-0.4, -0.2) is 36.5 Å². The minimum atomic E-state index is -0.0523. The van der Waals surface area contributed by atoms with E-state index in [4.69, 9.17) is 5.73 Å². The van der Waals surface area contributed by atoms with Gasteiger partial charge in [-0.05, 0) is 43.8 Å².